The SMILES string of the molecule is Cc1ccnc(N2CCC(CCN3CC(C)OC(C)C3)CC2)n1. The molecule has 1 aromatic heterocycles. The van der Waals surface area contributed by atoms with Crippen LogP contribution in [-0.4, -0.2) is 59.8 Å². The van der Waals surface area contributed by atoms with Gasteiger partial charge in [-0.15, -0.1) is 0 Å². The molecule has 2 atom stereocenters. The minimum absolute atomic E-state index is 0.374. The van der Waals surface area contributed by atoms with Crippen molar-refractivity contribution in [2.24, 2.45) is 5.92 Å². The zero-order chi connectivity index (χ0) is 16.2. The first-order chi connectivity index (χ1) is 11.1. The Hall–Kier alpha value is -1.20. The first kappa shape index (κ1) is 16.7. The van der Waals surface area contributed by atoms with Crippen LogP contribution in [0, 0.1) is 12.8 Å². The lowest BCUT2D eigenvalue weighted by atomic mass is 9.93. The molecule has 0 radical (unpaired) electrons. The summed E-state index contributed by atoms with van der Waals surface area (Å²) >= 11 is 0. The Balaban J connectivity index is 1.42. The monoisotopic (exact) mass is 318 g/mol. The average molecular weight is 318 g/mol. The summed E-state index contributed by atoms with van der Waals surface area (Å²) in [4.78, 5) is 13.9. The summed E-state index contributed by atoms with van der Waals surface area (Å²) < 4.78 is 5.82. The Kier molecular flexibility index (Phi) is 5.49. The molecule has 0 bridgehead atoms. The molecule has 0 N–H and O–H groups in total. The molecule has 0 spiro atoms. The van der Waals surface area contributed by atoms with Crippen molar-refractivity contribution in [2.75, 3.05) is 37.6 Å². The van der Waals surface area contributed by atoms with E-state index in [0.717, 1.165) is 43.7 Å². The molecule has 0 saturated carbocycles. The molecule has 23 heavy (non-hydrogen) atoms. The zero-order valence-electron chi connectivity index (χ0n) is 14.7. The molecule has 2 aliphatic rings. The second-order valence-electron chi connectivity index (χ2n) is 7.23. The fourth-order valence-electron chi connectivity index (χ4n) is 3.84. The Morgan fingerprint density at radius 1 is 1.17 bits per heavy atom. The van der Waals surface area contributed by atoms with Gasteiger partial charge in [-0.1, -0.05) is 0 Å². The number of aryl methyl sites for hydroxylation is 1. The molecule has 1 aromatic rings. The van der Waals surface area contributed by atoms with Crippen molar-refractivity contribution in [1.82, 2.24) is 14.9 Å². The summed E-state index contributed by atoms with van der Waals surface area (Å²) in [5, 5.41) is 0. The summed E-state index contributed by atoms with van der Waals surface area (Å²) in [6.45, 7) is 12.0. The molecule has 5 heteroatoms. The number of nitrogens with zero attached hydrogens (tertiary/aromatic N) is 4. The van der Waals surface area contributed by atoms with Crippen LogP contribution in [0.4, 0.5) is 5.95 Å². The summed E-state index contributed by atoms with van der Waals surface area (Å²) in [5.74, 6) is 1.74. The van der Waals surface area contributed by atoms with Crippen molar-refractivity contribution >= 4 is 5.95 Å². The molecule has 2 aliphatic heterocycles. The molecule has 3 heterocycles. The van der Waals surface area contributed by atoms with Gasteiger partial charge >= 0.3 is 0 Å². The van der Waals surface area contributed by atoms with Crippen molar-refractivity contribution < 1.29 is 4.74 Å². The fourth-order valence-corrected chi connectivity index (χ4v) is 3.84. The minimum atomic E-state index is 0.374. The van der Waals surface area contributed by atoms with Crippen molar-refractivity contribution in [3.63, 3.8) is 0 Å². The van der Waals surface area contributed by atoms with Crippen LogP contribution in [0.2, 0.25) is 0 Å². The maximum absolute atomic E-state index is 5.82. The number of morpholine rings is 1. The van der Waals surface area contributed by atoms with Crippen LogP contribution in [0.3, 0.4) is 0 Å². The number of rotatable bonds is 4. The molecule has 0 aromatic carbocycles. The summed E-state index contributed by atoms with van der Waals surface area (Å²) in [6, 6.07) is 1.96. The molecule has 2 unspecified atom stereocenters. The highest BCUT2D eigenvalue weighted by molar-refractivity contribution is 5.30. The van der Waals surface area contributed by atoms with Gasteiger partial charge in [-0.25, -0.2) is 9.97 Å². The van der Waals surface area contributed by atoms with E-state index in [1.54, 1.807) is 0 Å². The quantitative estimate of drug-likeness (QED) is 0.853. The summed E-state index contributed by atoms with van der Waals surface area (Å²) in [5.41, 5.74) is 1.05. The second-order valence-corrected chi connectivity index (χ2v) is 7.23. The number of piperidine rings is 1. The van der Waals surface area contributed by atoms with Gasteiger partial charge in [-0.2, -0.15) is 0 Å². The molecule has 0 amide bonds. The van der Waals surface area contributed by atoms with E-state index in [-0.39, 0.29) is 0 Å². The maximum atomic E-state index is 5.82. The minimum Gasteiger partial charge on any atom is -0.373 e. The van der Waals surface area contributed by atoms with Crippen molar-refractivity contribution in [3.05, 3.63) is 18.0 Å². The third kappa shape index (κ3) is 4.64. The molecule has 5 nitrogen and oxygen atoms in total. The van der Waals surface area contributed by atoms with Gasteiger partial charge in [-0.3, -0.25) is 4.90 Å². The van der Waals surface area contributed by atoms with Gasteiger partial charge in [0.25, 0.3) is 0 Å². The average Bonchev–Trinajstić information content (AvgIpc) is 2.52. The van der Waals surface area contributed by atoms with Gasteiger partial charge in [-0.05, 0) is 58.6 Å². The van der Waals surface area contributed by atoms with Crippen molar-refractivity contribution in [1.29, 1.82) is 0 Å². The first-order valence-corrected chi connectivity index (χ1v) is 9.02. The number of hydrogen-bond donors (Lipinski definition) is 0. The van der Waals surface area contributed by atoms with E-state index in [1.165, 1.54) is 25.8 Å². The van der Waals surface area contributed by atoms with Crippen LogP contribution in [0.25, 0.3) is 0 Å². The summed E-state index contributed by atoms with van der Waals surface area (Å²) in [7, 11) is 0. The van der Waals surface area contributed by atoms with E-state index in [2.05, 4.69) is 33.6 Å². The van der Waals surface area contributed by atoms with E-state index in [4.69, 9.17) is 4.74 Å². The lowest BCUT2D eigenvalue weighted by Gasteiger charge is -2.37. The summed E-state index contributed by atoms with van der Waals surface area (Å²) in [6.07, 6.45) is 6.43. The molecule has 128 valence electrons. The number of hydrogen-bond acceptors (Lipinski definition) is 5. The van der Waals surface area contributed by atoms with E-state index in [9.17, 15) is 0 Å². The smallest absolute Gasteiger partial charge is 0.225 e. The third-order valence-electron chi connectivity index (χ3n) is 5.03. The Bertz CT molecular complexity index is 492. The van der Waals surface area contributed by atoms with E-state index in [1.807, 2.05) is 19.2 Å². The van der Waals surface area contributed by atoms with E-state index < -0.39 is 0 Å². The van der Waals surface area contributed by atoms with E-state index >= 15 is 0 Å². The lowest BCUT2D eigenvalue weighted by molar-refractivity contribution is -0.0690. The van der Waals surface area contributed by atoms with Gasteiger partial charge in [0.15, 0.2) is 0 Å². The highest BCUT2D eigenvalue weighted by Gasteiger charge is 2.25. The van der Waals surface area contributed by atoms with Crippen LogP contribution in [0.15, 0.2) is 12.3 Å². The largest absolute Gasteiger partial charge is 0.373 e. The van der Waals surface area contributed by atoms with Gasteiger partial charge < -0.3 is 9.64 Å². The third-order valence-corrected chi connectivity index (χ3v) is 5.03. The molecule has 2 fully saturated rings. The number of aromatic nitrogens is 2. The molecule has 0 aliphatic carbocycles. The van der Waals surface area contributed by atoms with Crippen LogP contribution >= 0.6 is 0 Å². The Morgan fingerprint density at radius 2 is 1.87 bits per heavy atom. The van der Waals surface area contributed by atoms with Gasteiger partial charge in [0.05, 0.1) is 12.2 Å². The Morgan fingerprint density at radius 3 is 2.52 bits per heavy atom. The van der Waals surface area contributed by atoms with Crippen LogP contribution in [-0.2, 0) is 4.74 Å². The number of anilines is 1. The highest BCUT2D eigenvalue weighted by Crippen LogP contribution is 2.24. The number of ether oxygens (including phenoxy) is 1. The normalized spacial score (nSPS) is 27.3. The Labute approximate surface area is 140 Å². The van der Waals surface area contributed by atoms with Crippen LogP contribution in [0.5, 0.6) is 0 Å². The molecular formula is C18H30N4O. The fraction of sp³-hybridized carbons (Fsp3) is 0.778. The zero-order valence-corrected chi connectivity index (χ0v) is 14.7. The van der Waals surface area contributed by atoms with Gasteiger partial charge in [0.2, 0.25) is 5.95 Å². The topological polar surface area (TPSA) is 41.5 Å². The molecular weight excluding hydrogens is 288 g/mol. The first-order valence-electron chi connectivity index (χ1n) is 9.02. The maximum Gasteiger partial charge on any atom is 0.225 e. The van der Waals surface area contributed by atoms with Gasteiger partial charge in [0, 0.05) is 38.1 Å². The molecule has 2 saturated heterocycles. The van der Waals surface area contributed by atoms with Crippen LogP contribution < -0.4 is 4.90 Å². The highest BCUT2D eigenvalue weighted by atomic mass is 16.5. The predicted octanol–water partition coefficient (Wildman–Crippen LogP) is 2.50. The van der Waals surface area contributed by atoms with Gasteiger partial charge in [0.1, 0.15) is 0 Å². The van der Waals surface area contributed by atoms with Crippen LogP contribution in [0.1, 0.15) is 38.8 Å². The van der Waals surface area contributed by atoms with E-state index in [0.29, 0.717) is 12.2 Å². The second kappa shape index (κ2) is 7.58. The standard InChI is InChI=1S/C18H30N4O/c1-14-4-8-19-18(20-14)22-10-6-17(7-11-22)5-9-21-12-15(2)23-16(3)13-21/h4,8,15-17H,5-7,9-13H2,1-3H3. The predicted molar refractivity (Wildman–Crippen MR) is 92.8 cm³/mol. The van der Waals surface area contributed by atoms with Crippen molar-refractivity contribution in [3.8, 4) is 0 Å². The van der Waals surface area contributed by atoms with Crippen molar-refractivity contribution in [2.45, 2.75) is 52.2 Å². The molecule has 3 rings (SSSR count). The lowest BCUT2D eigenvalue weighted by Crippen LogP contribution is -2.46.